The van der Waals surface area contributed by atoms with Crippen molar-refractivity contribution in [2.75, 3.05) is 32.6 Å². The lowest BCUT2D eigenvalue weighted by molar-refractivity contribution is 0.160. The summed E-state index contributed by atoms with van der Waals surface area (Å²) >= 11 is 5.67. The van der Waals surface area contributed by atoms with Crippen LogP contribution in [0, 0.1) is 5.92 Å². The van der Waals surface area contributed by atoms with Crippen molar-refractivity contribution in [2.45, 2.75) is 12.8 Å². The van der Waals surface area contributed by atoms with Crippen LogP contribution in [-0.2, 0) is 0 Å². The third-order valence-electron chi connectivity index (χ3n) is 3.58. The van der Waals surface area contributed by atoms with Gasteiger partial charge in [-0.1, -0.05) is 12.1 Å². The average Bonchev–Trinajstić information content (AvgIpc) is 2.48. The number of hydrogen-bond acceptors (Lipinski definition) is 3. The van der Waals surface area contributed by atoms with Crippen molar-refractivity contribution < 1.29 is 4.74 Å². The van der Waals surface area contributed by atoms with Crippen molar-refractivity contribution in [3.8, 4) is 5.75 Å². The Kier molecular flexibility index (Phi) is 5.68. The number of rotatable bonds is 5. The van der Waals surface area contributed by atoms with E-state index in [-0.39, 0.29) is 5.88 Å². The molecule has 5 heteroatoms. The van der Waals surface area contributed by atoms with Crippen LogP contribution in [-0.4, -0.2) is 43.4 Å². The van der Waals surface area contributed by atoms with Crippen LogP contribution in [0.4, 0.5) is 5.69 Å². The zero-order valence-corrected chi connectivity index (χ0v) is 12.6. The fraction of sp³-hybridized carbons (Fsp3) is 0.533. The molecule has 2 N–H and O–H groups in total. The number of hydrogen-bond donors (Lipinski definition) is 1. The molecule has 1 heterocycles. The quantitative estimate of drug-likeness (QED) is 0.516. The van der Waals surface area contributed by atoms with E-state index in [4.69, 9.17) is 22.1 Å². The van der Waals surface area contributed by atoms with Gasteiger partial charge in [0.15, 0.2) is 0 Å². The topological polar surface area (TPSA) is 50.8 Å². The van der Waals surface area contributed by atoms with Crippen molar-refractivity contribution in [1.82, 2.24) is 4.90 Å². The van der Waals surface area contributed by atoms with Gasteiger partial charge in [-0.3, -0.25) is 0 Å². The van der Waals surface area contributed by atoms with Crippen molar-refractivity contribution in [3.63, 3.8) is 0 Å². The Hall–Kier alpha value is -1.26. The molecule has 0 unspecified atom stereocenters. The van der Waals surface area contributed by atoms with Crippen molar-refractivity contribution in [1.29, 1.82) is 0 Å². The smallest absolute Gasteiger partial charge is 0.144 e. The number of ether oxygens (including phenoxy) is 1. The largest absolute Gasteiger partial charge is 0.491 e. The summed E-state index contributed by atoms with van der Waals surface area (Å²) in [7, 11) is 2.16. The van der Waals surface area contributed by atoms with Gasteiger partial charge in [0.25, 0.3) is 0 Å². The predicted octanol–water partition coefficient (Wildman–Crippen LogP) is 2.63. The van der Waals surface area contributed by atoms with Crippen molar-refractivity contribution in [3.05, 3.63) is 24.3 Å². The molecule has 0 aromatic heterocycles. The van der Waals surface area contributed by atoms with E-state index in [1.165, 1.54) is 12.8 Å². The fourth-order valence-electron chi connectivity index (χ4n) is 2.29. The van der Waals surface area contributed by atoms with E-state index in [9.17, 15) is 0 Å². The summed E-state index contributed by atoms with van der Waals surface area (Å²) in [5.41, 5.74) is 6.43. The number of halogens is 1. The molecule has 0 aliphatic carbocycles. The highest BCUT2D eigenvalue weighted by atomic mass is 35.5. The molecule has 0 radical (unpaired) electrons. The molecular formula is C15H22ClN3O. The lowest BCUT2D eigenvalue weighted by Crippen LogP contribution is -2.32. The summed E-state index contributed by atoms with van der Waals surface area (Å²) in [6.07, 6.45) is 2.37. The maximum Gasteiger partial charge on any atom is 0.144 e. The summed E-state index contributed by atoms with van der Waals surface area (Å²) in [6.45, 7) is 3.03. The van der Waals surface area contributed by atoms with Crippen LogP contribution < -0.4 is 10.5 Å². The SMILES string of the molecule is CN1CCC(COc2ccccc2N=C(N)CCl)CC1. The van der Waals surface area contributed by atoms with Crippen molar-refractivity contribution >= 4 is 23.1 Å². The Bertz CT molecular complexity index is 456. The Labute approximate surface area is 125 Å². The number of nitrogens with two attached hydrogens (primary N) is 1. The summed E-state index contributed by atoms with van der Waals surface area (Å²) < 4.78 is 5.93. The second-order valence-electron chi connectivity index (χ2n) is 5.26. The summed E-state index contributed by atoms with van der Waals surface area (Å²) in [5, 5.41) is 0. The van der Waals surface area contributed by atoms with E-state index >= 15 is 0 Å². The highest BCUT2D eigenvalue weighted by molar-refractivity contribution is 6.28. The second kappa shape index (κ2) is 7.50. The molecule has 0 atom stereocenters. The number of nitrogens with zero attached hydrogens (tertiary/aromatic N) is 2. The van der Waals surface area contributed by atoms with Crippen LogP contribution in [0.15, 0.2) is 29.3 Å². The van der Waals surface area contributed by atoms with Gasteiger partial charge in [0.1, 0.15) is 17.3 Å². The minimum Gasteiger partial charge on any atom is -0.491 e. The first-order chi connectivity index (χ1) is 9.69. The highest BCUT2D eigenvalue weighted by Gasteiger charge is 2.17. The van der Waals surface area contributed by atoms with Crippen LogP contribution in [0.2, 0.25) is 0 Å². The molecule has 20 heavy (non-hydrogen) atoms. The third-order valence-corrected chi connectivity index (χ3v) is 3.85. The van der Waals surface area contributed by atoms with Gasteiger partial charge < -0.3 is 15.4 Å². The van der Waals surface area contributed by atoms with Gasteiger partial charge in [0, 0.05) is 0 Å². The van der Waals surface area contributed by atoms with Crippen LogP contribution >= 0.6 is 11.6 Å². The lowest BCUT2D eigenvalue weighted by atomic mass is 9.98. The van der Waals surface area contributed by atoms with Crippen LogP contribution in [0.3, 0.4) is 0 Å². The maximum absolute atomic E-state index is 5.93. The van der Waals surface area contributed by atoms with Gasteiger partial charge in [-0.25, -0.2) is 4.99 Å². The molecule has 0 saturated carbocycles. The molecule has 1 fully saturated rings. The summed E-state index contributed by atoms with van der Waals surface area (Å²) in [4.78, 5) is 6.64. The van der Waals surface area contributed by atoms with Crippen LogP contribution in [0.1, 0.15) is 12.8 Å². The normalized spacial score (nSPS) is 18.2. The molecule has 110 valence electrons. The van der Waals surface area contributed by atoms with E-state index in [1.807, 2.05) is 24.3 Å². The Morgan fingerprint density at radius 1 is 1.40 bits per heavy atom. The highest BCUT2D eigenvalue weighted by Crippen LogP contribution is 2.28. The first kappa shape index (κ1) is 15.1. The number of aliphatic imine (C=N–C) groups is 1. The van der Waals surface area contributed by atoms with Crippen molar-refractivity contribution in [2.24, 2.45) is 16.6 Å². The number of likely N-dealkylation sites (tertiary alicyclic amines) is 1. The Morgan fingerprint density at radius 3 is 2.80 bits per heavy atom. The molecule has 0 spiro atoms. The summed E-state index contributed by atoms with van der Waals surface area (Å²) in [6, 6.07) is 7.68. The number of alkyl halides is 1. The molecule has 1 aromatic carbocycles. The van der Waals surface area contributed by atoms with Gasteiger partial charge in [-0.2, -0.15) is 0 Å². The van der Waals surface area contributed by atoms with E-state index in [2.05, 4.69) is 16.9 Å². The Morgan fingerprint density at radius 2 is 2.10 bits per heavy atom. The van der Waals surface area contributed by atoms with Gasteiger partial charge >= 0.3 is 0 Å². The van der Waals surface area contributed by atoms with Crippen LogP contribution in [0.5, 0.6) is 5.75 Å². The number of amidine groups is 1. The first-order valence-electron chi connectivity index (χ1n) is 6.98. The van der Waals surface area contributed by atoms with Gasteiger partial charge in [-0.05, 0) is 51.0 Å². The standard InChI is InChI=1S/C15H22ClN3O/c1-19-8-6-12(7-9-19)11-20-14-5-3-2-4-13(14)18-15(17)10-16/h2-5,12H,6-11H2,1H3,(H2,17,18). The lowest BCUT2D eigenvalue weighted by Gasteiger charge is -2.28. The Balaban J connectivity index is 1.95. The molecular weight excluding hydrogens is 274 g/mol. The molecule has 0 amide bonds. The molecule has 1 aliphatic rings. The van der Waals surface area contributed by atoms with E-state index in [0.29, 0.717) is 11.8 Å². The minimum absolute atomic E-state index is 0.225. The zero-order valence-electron chi connectivity index (χ0n) is 11.9. The van der Waals surface area contributed by atoms with Crippen LogP contribution in [0.25, 0.3) is 0 Å². The van der Waals surface area contributed by atoms with E-state index < -0.39 is 0 Å². The number of para-hydroxylation sites is 2. The van der Waals surface area contributed by atoms with E-state index in [1.54, 1.807) is 0 Å². The maximum atomic E-state index is 5.93. The molecule has 1 aromatic rings. The second-order valence-corrected chi connectivity index (χ2v) is 5.53. The monoisotopic (exact) mass is 295 g/mol. The zero-order chi connectivity index (χ0) is 14.4. The first-order valence-corrected chi connectivity index (χ1v) is 7.52. The number of benzene rings is 1. The molecule has 1 saturated heterocycles. The fourth-order valence-corrected chi connectivity index (χ4v) is 2.35. The van der Waals surface area contributed by atoms with Gasteiger partial charge in [-0.15, -0.1) is 11.6 Å². The summed E-state index contributed by atoms with van der Waals surface area (Å²) in [5.74, 6) is 2.03. The molecule has 0 bridgehead atoms. The average molecular weight is 296 g/mol. The third kappa shape index (κ3) is 4.39. The molecule has 2 rings (SSSR count). The molecule has 1 aliphatic heterocycles. The van der Waals surface area contributed by atoms with Gasteiger partial charge in [0.05, 0.1) is 12.5 Å². The van der Waals surface area contributed by atoms with E-state index in [0.717, 1.165) is 31.1 Å². The number of piperidine rings is 1. The minimum atomic E-state index is 0.225. The predicted molar refractivity (Wildman–Crippen MR) is 84.2 cm³/mol. The molecule has 4 nitrogen and oxygen atoms in total. The van der Waals surface area contributed by atoms with Gasteiger partial charge in [0.2, 0.25) is 0 Å².